The first-order valence-electron chi connectivity index (χ1n) is 4.15. The quantitative estimate of drug-likeness (QED) is 0.761. The smallest absolute Gasteiger partial charge is 0.248 e. The van der Waals surface area contributed by atoms with Crippen LogP contribution in [0, 0.1) is 0 Å². The van der Waals surface area contributed by atoms with E-state index in [9.17, 15) is 4.79 Å². The molecule has 1 aromatic rings. The molecule has 0 aliphatic carbocycles. The van der Waals surface area contributed by atoms with Crippen molar-refractivity contribution < 1.29 is 9.53 Å². The van der Waals surface area contributed by atoms with Crippen LogP contribution in [0.15, 0.2) is 18.2 Å². The third-order valence-electron chi connectivity index (χ3n) is 1.96. The number of benzene rings is 1. The molecule has 3 heteroatoms. The van der Waals surface area contributed by atoms with Gasteiger partial charge in [-0.05, 0) is 30.2 Å². The number of hydrogen-bond acceptors (Lipinski definition) is 2. The van der Waals surface area contributed by atoms with Crippen molar-refractivity contribution in [3.05, 3.63) is 29.3 Å². The van der Waals surface area contributed by atoms with Gasteiger partial charge in [-0.1, -0.05) is 6.92 Å². The van der Waals surface area contributed by atoms with E-state index in [1.807, 2.05) is 13.0 Å². The highest BCUT2D eigenvalue weighted by Gasteiger charge is 2.06. The van der Waals surface area contributed by atoms with Crippen LogP contribution >= 0.6 is 0 Å². The third-order valence-corrected chi connectivity index (χ3v) is 1.96. The van der Waals surface area contributed by atoms with Crippen LogP contribution < -0.4 is 10.5 Å². The van der Waals surface area contributed by atoms with Crippen molar-refractivity contribution in [2.24, 2.45) is 5.73 Å². The van der Waals surface area contributed by atoms with Gasteiger partial charge in [0.1, 0.15) is 5.75 Å². The fourth-order valence-electron chi connectivity index (χ4n) is 1.23. The lowest BCUT2D eigenvalue weighted by atomic mass is 10.0. The molecule has 0 heterocycles. The molecular weight excluding hydrogens is 166 g/mol. The normalized spacial score (nSPS) is 9.69. The van der Waals surface area contributed by atoms with Crippen LogP contribution in [0.4, 0.5) is 0 Å². The minimum absolute atomic E-state index is 0.389. The number of hydrogen-bond donors (Lipinski definition) is 1. The second-order valence-corrected chi connectivity index (χ2v) is 2.74. The SMILES string of the molecule is CCc1cc(OC)ccc1C(N)=O. The van der Waals surface area contributed by atoms with Gasteiger partial charge in [0, 0.05) is 5.56 Å². The Hall–Kier alpha value is -1.51. The first kappa shape index (κ1) is 9.58. The Balaban J connectivity index is 3.15. The van der Waals surface area contributed by atoms with Crippen LogP contribution in [0.3, 0.4) is 0 Å². The maximum atomic E-state index is 11.0. The summed E-state index contributed by atoms with van der Waals surface area (Å²) >= 11 is 0. The average molecular weight is 179 g/mol. The largest absolute Gasteiger partial charge is 0.497 e. The predicted molar refractivity (Wildman–Crippen MR) is 50.9 cm³/mol. The van der Waals surface area contributed by atoms with E-state index in [0.29, 0.717) is 5.56 Å². The number of carbonyl (C=O) groups is 1. The fraction of sp³-hybridized carbons (Fsp3) is 0.300. The highest BCUT2D eigenvalue weighted by Crippen LogP contribution is 2.17. The number of nitrogens with two attached hydrogens (primary N) is 1. The Morgan fingerprint density at radius 1 is 1.54 bits per heavy atom. The fourth-order valence-corrected chi connectivity index (χ4v) is 1.23. The maximum Gasteiger partial charge on any atom is 0.248 e. The van der Waals surface area contributed by atoms with Crippen LogP contribution in [0.25, 0.3) is 0 Å². The van der Waals surface area contributed by atoms with Gasteiger partial charge in [0.2, 0.25) is 5.91 Å². The molecule has 3 nitrogen and oxygen atoms in total. The van der Waals surface area contributed by atoms with E-state index in [1.165, 1.54) is 0 Å². The molecule has 13 heavy (non-hydrogen) atoms. The lowest BCUT2D eigenvalue weighted by Crippen LogP contribution is -2.13. The number of carbonyl (C=O) groups excluding carboxylic acids is 1. The summed E-state index contributed by atoms with van der Waals surface area (Å²) in [5.41, 5.74) is 6.70. The van der Waals surface area contributed by atoms with Gasteiger partial charge >= 0.3 is 0 Å². The van der Waals surface area contributed by atoms with Gasteiger partial charge in [0.05, 0.1) is 7.11 Å². The molecule has 1 aromatic carbocycles. The summed E-state index contributed by atoms with van der Waals surface area (Å²) in [4.78, 5) is 11.0. The molecule has 0 atom stereocenters. The topological polar surface area (TPSA) is 52.3 Å². The molecule has 0 spiro atoms. The van der Waals surface area contributed by atoms with E-state index >= 15 is 0 Å². The van der Waals surface area contributed by atoms with E-state index in [0.717, 1.165) is 17.7 Å². The predicted octanol–water partition coefficient (Wildman–Crippen LogP) is 1.36. The summed E-state index contributed by atoms with van der Waals surface area (Å²) in [6.45, 7) is 1.97. The molecular formula is C10H13NO2. The Bertz CT molecular complexity index is 321. The molecule has 0 unspecified atom stereocenters. The number of primary amides is 1. The zero-order valence-corrected chi connectivity index (χ0v) is 7.83. The molecule has 0 aliphatic rings. The van der Waals surface area contributed by atoms with Crippen LogP contribution in [0.1, 0.15) is 22.8 Å². The average Bonchev–Trinajstić information content (AvgIpc) is 2.16. The summed E-state index contributed by atoms with van der Waals surface area (Å²) in [5.74, 6) is 0.362. The summed E-state index contributed by atoms with van der Waals surface area (Å²) in [7, 11) is 1.60. The Morgan fingerprint density at radius 2 is 2.23 bits per heavy atom. The Labute approximate surface area is 77.5 Å². The first-order valence-corrected chi connectivity index (χ1v) is 4.15. The van der Waals surface area contributed by atoms with Gasteiger partial charge < -0.3 is 10.5 Å². The van der Waals surface area contributed by atoms with E-state index in [1.54, 1.807) is 19.2 Å². The van der Waals surface area contributed by atoms with Crippen LogP contribution in [-0.2, 0) is 6.42 Å². The van der Waals surface area contributed by atoms with Crippen molar-refractivity contribution in [2.45, 2.75) is 13.3 Å². The molecule has 0 aliphatic heterocycles. The zero-order chi connectivity index (χ0) is 9.84. The van der Waals surface area contributed by atoms with Gasteiger partial charge in [0.15, 0.2) is 0 Å². The van der Waals surface area contributed by atoms with Crippen LogP contribution in [0.2, 0.25) is 0 Å². The summed E-state index contributed by atoms with van der Waals surface area (Å²) in [6, 6.07) is 5.26. The molecule has 0 fully saturated rings. The highest BCUT2D eigenvalue weighted by molar-refractivity contribution is 5.94. The van der Waals surface area contributed by atoms with Gasteiger partial charge in [-0.3, -0.25) is 4.79 Å². The van der Waals surface area contributed by atoms with Gasteiger partial charge in [-0.25, -0.2) is 0 Å². The van der Waals surface area contributed by atoms with Gasteiger partial charge in [-0.2, -0.15) is 0 Å². The van der Waals surface area contributed by atoms with Gasteiger partial charge in [-0.15, -0.1) is 0 Å². The van der Waals surface area contributed by atoms with E-state index in [2.05, 4.69) is 0 Å². The van der Waals surface area contributed by atoms with Crippen LogP contribution in [-0.4, -0.2) is 13.0 Å². The molecule has 0 radical (unpaired) electrons. The van der Waals surface area contributed by atoms with Crippen molar-refractivity contribution in [1.82, 2.24) is 0 Å². The molecule has 1 amide bonds. The minimum atomic E-state index is -0.389. The highest BCUT2D eigenvalue weighted by atomic mass is 16.5. The number of amides is 1. The first-order chi connectivity index (χ1) is 6.19. The molecule has 0 aromatic heterocycles. The van der Waals surface area contributed by atoms with Crippen molar-refractivity contribution >= 4 is 5.91 Å². The molecule has 0 saturated carbocycles. The van der Waals surface area contributed by atoms with E-state index in [4.69, 9.17) is 10.5 Å². The van der Waals surface area contributed by atoms with Crippen molar-refractivity contribution in [1.29, 1.82) is 0 Å². The zero-order valence-electron chi connectivity index (χ0n) is 7.83. The second kappa shape index (κ2) is 3.94. The number of ether oxygens (including phenoxy) is 1. The standard InChI is InChI=1S/C10H13NO2/c1-3-7-6-8(13-2)4-5-9(7)10(11)12/h4-6H,3H2,1-2H3,(H2,11,12). The molecule has 0 bridgehead atoms. The van der Waals surface area contributed by atoms with Gasteiger partial charge in [0.25, 0.3) is 0 Å². The maximum absolute atomic E-state index is 11.0. The third kappa shape index (κ3) is 1.99. The Kier molecular flexibility index (Phi) is 2.90. The lowest BCUT2D eigenvalue weighted by molar-refractivity contribution is 0.0999. The summed E-state index contributed by atoms with van der Waals surface area (Å²) in [6.07, 6.45) is 0.773. The second-order valence-electron chi connectivity index (χ2n) is 2.74. The lowest BCUT2D eigenvalue weighted by Gasteiger charge is -2.06. The number of rotatable bonds is 3. The van der Waals surface area contributed by atoms with Crippen LogP contribution in [0.5, 0.6) is 5.75 Å². The van der Waals surface area contributed by atoms with E-state index in [-0.39, 0.29) is 5.91 Å². The van der Waals surface area contributed by atoms with Crippen molar-refractivity contribution in [2.75, 3.05) is 7.11 Å². The number of methoxy groups -OCH3 is 1. The number of aryl methyl sites for hydroxylation is 1. The summed E-state index contributed by atoms with van der Waals surface area (Å²) in [5, 5.41) is 0. The molecule has 2 N–H and O–H groups in total. The minimum Gasteiger partial charge on any atom is -0.497 e. The van der Waals surface area contributed by atoms with E-state index < -0.39 is 0 Å². The Morgan fingerprint density at radius 3 is 2.69 bits per heavy atom. The molecule has 70 valence electrons. The summed E-state index contributed by atoms with van der Waals surface area (Å²) < 4.78 is 5.04. The molecule has 1 rings (SSSR count). The molecule has 0 saturated heterocycles. The van der Waals surface area contributed by atoms with Crippen molar-refractivity contribution in [3.63, 3.8) is 0 Å². The van der Waals surface area contributed by atoms with Crippen molar-refractivity contribution in [3.8, 4) is 5.75 Å². The monoisotopic (exact) mass is 179 g/mol.